The quantitative estimate of drug-likeness (QED) is 0.635. The molecule has 0 aliphatic carbocycles. The summed E-state index contributed by atoms with van der Waals surface area (Å²) in [7, 11) is 2.74. The summed E-state index contributed by atoms with van der Waals surface area (Å²) in [5.74, 6) is -2.10. The zero-order chi connectivity index (χ0) is 21.6. The first-order chi connectivity index (χ1) is 13.8. The maximum atomic E-state index is 14.1. The number of ether oxygens (including phenoxy) is 2. The first kappa shape index (κ1) is 21.9. The number of urea groups is 1. The molecule has 0 fully saturated rings. The molecule has 0 radical (unpaired) electrons. The average molecular weight is 403 g/mol. The molecule has 154 valence electrons. The summed E-state index contributed by atoms with van der Waals surface area (Å²) in [6, 6.07) is 5.26. The SMILES string of the molecule is C=C(C)c1c(/N=C\C)ccc(OC)c1CNC(=O)Nc1ccc(OC)c(F)c1F. The monoisotopic (exact) mass is 403 g/mol. The number of carbonyl (C=O) groups excluding carboxylic acids is 1. The Kier molecular flexibility index (Phi) is 7.30. The Morgan fingerprint density at radius 1 is 1.14 bits per heavy atom. The van der Waals surface area contributed by atoms with Crippen LogP contribution in [0.15, 0.2) is 35.8 Å². The van der Waals surface area contributed by atoms with Gasteiger partial charge in [0.25, 0.3) is 0 Å². The van der Waals surface area contributed by atoms with Crippen LogP contribution in [0.4, 0.5) is 25.0 Å². The van der Waals surface area contributed by atoms with Gasteiger partial charge < -0.3 is 20.1 Å². The summed E-state index contributed by atoms with van der Waals surface area (Å²) in [4.78, 5) is 16.6. The molecule has 0 saturated heterocycles. The minimum absolute atomic E-state index is 0.0600. The Morgan fingerprint density at radius 3 is 2.38 bits per heavy atom. The van der Waals surface area contributed by atoms with Gasteiger partial charge in [0.05, 0.1) is 25.6 Å². The standard InChI is InChI=1S/C21H23F2N3O3/c1-6-24-14-7-9-16(28-4)13(18(14)12(2)3)11-25-21(27)26-15-8-10-17(29-5)20(23)19(15)22/h6-10H,2,11H2,1,3-5H3,(H2,25,26,27)/b24-6-. The second-order valence-corrected chi connectivity index (χ2v) is 6.06. The predicted octanol–water partition coefficient (Wildman–Crippen LogP) is 5.06. The fourth-order valence-corrected chi connectivity index (χ4v) is 2.83. The number of halogens is 2. The molecule has 0 saturated carbocycles. The number of rotatable bonds is 7. The second-order valence-electron chi connectivity index (χ2n) is 6.06. The minimum Gasteiger partial charge on any atom is -0.496 e. The molecule has 8 heteroatoms. The van der Waals surface area contributed by atoms with Crippen LogP contribution in [0.25, 0.3) is 5.57 Å². The van der Waals surface area contributed by atoms with Crippen molar-refractivity contribution in [2.45, 2.75) is 20.4 Å². The van der Waals surface area contributed by atoms with Crippen molar-refractivity contribution in [2.75, 3.05) is 19.5 Å². The summed E-state index contributed by atoms with van der Waals surface area (Å²) in [6.45, 7) is 7.65. The van der Waals surface area contributed by atoms with Crippen LogP contribution in [0.1, 0.15) is 25.0 Å². The van der Waals surface area contributed by atoms with E-state index in [0.29, 0.717) is 17.0 Å². The molecule has 0 heterocycles. The highest BCUT2D eigenvalue weighted by Gasteiger charge is 2.18. The van der Waals surface area contributed by atoms with Gasteiger partial charge in [-0.25, -0.2) is 9.18 Å². The number of hydrogen-bond acceptors (Lipinski definition) is 4. The van der Waals surface area contributed by atoms with Crippen LogP contribution in [-0.4, -0.2) is 26.5 Å². The van der Waals surface area contributed by atoms with Crippen LogP contribution < -0.4 is 20.1 Å². The smallest absolute Gasteiger partial charge is 0.319 e. The number of hydrogen-bond donors (Lipinski definition) is 2. The lowest BCUT2D eigenvalue weighted by Gasteiger charge is -2.17. The number of carbonyl (C=O) groups is 1. The zero-order valence-electron chi connectivity index (χ0n) is 16.7. The lowest BCUT2D eigenvalue weighted by atomic mass is 9.98. The van der Waals surface area contributed by atoms with E-state index in [9.17, 15) is 13.6 Å². The molecule has 0 aliphatic rings. The van der Waals surface area contributed by atoms with Crippen molar-refractivity contribution in [3.63, 3.8) is 0 Å². The van der Waals surface area contributed by atoms with E-state index >= 15 is 0 Å². The van der Waals surface area contributed by atoms with Crippen molar-refractivity contribution in [2.24, 2.45) is 4.99 Å². The van der Waals surface area contributed by atoms with Crippen molar-refractivity contribution in [1.29, 1.82) is 0 Å². The highest BCUT2D eigenvalue weighted by molar-refractivity contribution is 5.90. The minimum atomic E-state index is -1.21. The van der Waals surface area contributed by atoms with Crippen LogP contribution in [0, 0.1) is 11.6 Å². The summed E-state index contributed by atoms with van der Waals surface area (Å²) in [5, 5.41) is 4.90. The lowest BCUT2D eigenvalue weighted by molar-refractivity contribution is 0.251. The van der Waals surface area contributed by atoms with E-state index in [0.717, 1.165) is 11.1 Å². The van der Waals surface area contributed by atoms with E-state index in [2.05, 4.69) is 22.2 Å². The molecular formula is C21H23F2N3O3. The lowest BCUT2D eigenvalue weighted by Crippen LogP contribution is -2.29. The van der Waals surface area contributed by atoms with E-state index in [1.807, 2.05) is 6.92 Å². The third kappa shape index (κ3) is 4.90. The molecule has 2 amide bonds. The number of anilines is 1. The fourth-order valence-electron chi connectivity index (χ4n) is 2.83. The van der Waals surface area contributed by atoms with Crippen LogP contribution in [0.2, 0.25) is 0 Å². The topological polar surface area (TPSA) is 72.0 Å². The Hall–Kier alpha value is -3.42. The van der Waals surface area contributed by atoms with Crippen molar-refractivity contribution in [1.82, 2.24) is 5.32 Å². The van der Waals surface area contributed by atoms with Crippen molar-refractivity contribution in [3.05, 3.63) is 53.6 Å². The number of nitrogens with one attached hydrogen (secondary N) is 2. The molecule has 0 spiro atoms. The van der Waals surface area contributed by atoms with Crippen LogP contribution in [-0.2, 0) is 6.54 Å². The van der Waals surface area contributed by atoms with E-state index in [-0.39, 0.29) is 18.0 Å². The van der Waals surface area contributed by atoms with Gasteiger partial charge in [0.15, 0.2) is 11.6 Å². The normalized spacial score (nSPS) is 10.7. The molecule has 0 bridgehead atoms. The maximum absolute atomic E-state index is 14.1. The first-order valence-corrected chi connectivity index (χ1v) is 8.75. The van der Waals surface area contributed by atoms with E-state index in [1.54, 1.807) is 25.3 Å². The van der Waals surface area contributed by atoms with E-state index in [1.165, 1.54) is 26.4 Å². The fraction of sp³-hybridized carbons (Fsp3) is 0.238. The molecule has 0 atom stereocenters. The van der Waals surface area contributed by atoms with E-state index < -0.39 is 17.7 Å². The van der Waals surface area contributed by atoms with Crippen molar-refractivity contribution < 1.29 is 23.0 Å². The number of aliphatic imine (C=N–C) groups is 1. The van der Waals surface area contributed by atoms with Gasteiger partial charge in [-0.2, -0.15) is 4.39 Å². The third-order valence-corrected chi connectivity index (χ3v) is 4.10. The third-order valence-electron chi connectivity index (χ3n) is 4.10. The van der Waals surface area contributed by atoms with E-state index in [4.69, 9.17) is 9.47 Å². The summed E-state index contributed by atoms with van der Waals surface area (Å²) >= 11 is 0. The van der Waals surface area contributed by atoms with Crippen molar-refractivity contribution >= 4 is 29.2 Å². The van der Waals surface area contributed by atoms with Crippen molar-refractivity contribution in [3.8, 4) is 11.5 Å². The molecule has 2 aromatic rings. The number of amides is 2. The molecule has 29 heavy (non-hydrogen) atoms. The number of nitrogens with zero attached hydrogens (tertiary/aromatic N) is 1. The Bertz CT molecular complexity index is 959. The highest BCUT2D eigenvalue weighted by atomic mass is 19.2. The number of benzene rings is 2. The van der Waals surface area contributed by atoms with Gasteiger partial charge >= 0.3 is 6.03 Å². The summed E-state index contributed by atoms with van der Waals surface area (Å²) in [6.07, 6.45) is 1.65. The van der Waals surface area contributed by atoms with Gasteiger partial charge in [-0.3, -0.25) is 4.99 Å². The molecular weight excluding hydrogens is 380 g/mol. The van der Waals surface area contributed by atoms with Gasteiger partial charge in [0.2, 0.25) is 5.82 Å². The summed E-state index contributed by atoms with van der Waals surface area (Å²) < 4.78 is 38.0. The Labute approximate surface area is 168 Å². The largest absolute Gasteiger partial charge is 0.496 e. The van der Waals surface area contributed by atoms with Gasteiger partial charge in [-0.1, -0.05) is 6.58 Å². The average Bonchev–Trinajstić information content (AvgIpc) is 2.70. The molecule has 0 aromatic heterocycles. The highest BCUT2D eigenvalue weighted by Crippen LogP contribution is 2.35. The maximum Gasteiger partial charge on any atom is 0.319 e. The molecule has 2 N–H and O–H groups in total. The zero-order valence-corrected chi connectivity index (χ0v) is 16.7. The second kappa shape index (κ2) is 9.68. The van der Waals surface area contributed by atoms with Gasteiger partial charge in [0, 0.05) is 23.9 Å². The molecule has 0 unspecified atom stereocenters. The first-order valence-electron chi connectivity index (χ1n) is 8.75. The molecule has 2 aromatic carbocycles. The number of allylic oxidation sites excluding steroid dienone is 1. The summed E-state index contributed by atoms with van der Waals surface area (Å²) in [5.41, 5.74) is 2.52. The van der Waals surface area contributed by atoms with Crippen LogP contribution in [0.3, 0.4) is 0 Å². The Balaban J connectivity index is 2.25. The molecule has 2 rings (SSSR count). The van der Waals surface area contributed by atoms with Crippen LogP contribution in [0.5, 0.6) is 11.5 Å². The van der Waals surface area contributed by atoms with Gasteiger partial charge in [-0.05, 0) is 43.7 Å². The Morgan fingerprint density at radius 2 is 1.79 bits per heavy atom. The molecule has 0 aliphatic heterocycles. The van der Waals surface area contributed by atoms with Gasteiger partial charge in [0.1, 0.15) is 5.75 Å². The molecule has 6 nitrogen and oxygen atoms in total. The number of methoxy groups -OCH3 is 2. The predicted molar refractivity (Wildman–Crippen MR) is 110 cm³/mol. The van der Waals surface area contributed by atoms with Gasteiger partial charge in [-0.15, -0.1) is 0 Å². The van der Waals surface area contributed by atoms with Crippen LogP contribution >= 0.6 is 0 Å².